The molecule has 2 aromatic heterocycles. The van der Waals surface area contributed by atoms with Crippen molar-refractivity contribution < 1.29 is 9.53 Å². The highest BCUT2D eigenvalue weighted by Gasteiger charge is 2.37. The van der Waals surface area contributed by atoms with E-state index in [0.717, 1.165) is 73.9 Å². The molecule has 172 valence electrons. The number of hydrogen-bond donors (Lipinski definition) is 0. The Morgan fingerprint density at radius 1 is 1.15 bits per heavy atom. The molecule has 2 atom stereocenters. The van der Waals surface area contributed by atoms with Crippen LogP contribution in [0.3, 0.4) is 0 Å². The van der Waals surface area contributed by atoms with Gasteiger partial charge in [0.2, 0.25) is 5.91 Å². The average Bonchev–Trinajstić information content (AvgIpc) is 3.54. The van der Waals surface area contributed by atoms with Crippen molar-refractivity contribution in [2.75, 3.05) is 31.1 Å². The van der Waals surface area contributed by atoms with E-state index in [1.807, 2.05) is 36.1 Å². The fourth-order valence-corrected chi connectivity index (χ4v) is 5.60. The lowest BCUT2D eigenvalue weighted by Gasteiger charge is -2.38. The molecule has 0 saturated carbocycles. The largest absolute Gasteiger partial charge is 0.376 e. The first-order chi connectivity index (χ1) is 16.1. The minimum absolute atomic E-state index is 0.135. The summed E-state index contributed by atoms with van der Waals surface area (Å²) in [5, 5.41) is 0.658. The van der Waals surface area contributed by atoms with Gasteiger partial charge in [0, 0.05) is 44.3 Å². The molecule has 0 radical (unpaired) electrons. The summed E-state index contributed by atoms with van der Waals surface area (Å²) in [7, 11) is 0. The van der Waals surface area contributed by atoms with Crippen LogP contribution in [0.15, 0.2) is 24.3 Å². The van der Waals surface area contributed by atoms with E-state index < -0.39 is 0 Å². The third kappa shape index (κ3) is 3.65. The number of aromatic nitrogens is 4. The molecule has 2 unspecified atom stereocenters. The topological polar surface area (TPSA) is 76.4 Å². The van der Waals surface area contributed by atoms with Crippen molar-refractivity contribution in [3.05, 3.63) is 35.1 Å². The SMILES string of the molecule is Cc1nc(N2CCN3C(=O)CCC3C2)c2nc(-c3ccccc3Cl)n(CC3CCCO3)c2n1. The number of halogens is 1. The predicted molar refractivity (Wildman–Crippen MR) is 126 cm³/mol. The number of fused-ring (bicyclic) bond motifs is 2. The van der Waals surface area contributed by atoms with E-state index in [-0.39, 0.29) is 18.1 Å². The lowest BCUT2D eigenvalue weighted by molar-refractivity contribution is -0.129. The zero-order chi connectivity index (χ0) is 22.5. The summed E-state index contributed by atoms with van der Waals surface area (Å²) < 4.78 is 8.11. The number of carbonyl (C=O) groups excluding carboxylic acids is 1. The van der Waals surface area contributed by atoms with Gasteiger partial charge in [-0.15, -0.1) is 0 Å². The number of nitrogens with zero attached hydrogens (tertiary/aromatic N) is 6. The third-order valence-corrected chi connectivity index (χ3v) is 7.34. The number of carbonyl (C=O) groups is 1. The van der Waals surface area contributed by atoms with Gasteiger partial charge in [-0.2, -0.15) is 0 Å². The van der Waals surface area contributed by atoms with Crippen LogP contribution in [0.2, 0.25) is 5.02 Å². The molecular weight excluding hydrogens is 440 g/mol. The first-order valence-electron chi connectivity index (χ1n) is 11.7. The van der Waals surface area contributed by atoms with Gasteiger partial charge in [-0.05, 0) is 38.3 Å². The fourth-order valence-electron chi connectivity index (χ4n) is 5.38. The van der Waals surface area contributed by atoms with Gasteiger partial charge in [-0.1, -0.05) is 23.7 Å². The van der Waals surface area contributed by atoms with E-state index in [1.165, 1.54) is 0 Å². The van der Waals surface area contributed by atoms with E-state index in [2.05, 4.69) is 9.47 Å². The number of imidazole rings is 1. The minimum Gasteiger partial charge on any atom is -0.376 e. The van der Waals surface area contributed by atoms with Gasteiger partial charge in [0.15, 0.2) is 17.0 Å². The highest BCUT2D eigenvalue weighted by molar-refractivity contribution is 6.33. The van der Waals surface area contributed by atoms with Crippen molar-refractivity contribution in [2.45, 2.75) is 51.3 Å². The molecule has 3 aliphatic heterocycles. The van der Waals surface area contributed by atoms with Gasteiger partial charge in [0.05, 0.1) is 17.7 Å². The number of benzene rings is 1. The number of ether oxygens (including phenoxy) is 1. The summed E-state index contributed by atoms with van der Waals surface area (Å²) in [5.41, 5.74) is 2.48. The minimum atomic E-state index is 0.135. The first-order valence-corrected chi connectivity index (χ1v) is 12.1. The molecule has 8 nitrogen and oxygen atoms in total. The first kappa shape index (κ1) is 20.9. The Kier molecular flexibility index (Phi) is 5.22. The van der Waals surface area contributed by atoms with Crippen LogP contribution >= 0.6 is 11.6 Å². The van der Waals surface area contributed by atoms with Crippen LogP contribution in [0, 0.1) is 6.92 Å². The molecule has 0 spiro atoms. The van der Waals surface area contributed by atoms with E-state index in [4.69, 9.17) is 31.3 Å². The number of anilines is 1. The molecule has 6 rings (SSSR count). The Hall–Kier alpha value is -2.71. The standard InChI is InChI=1S/C24H27ClN6O2/c1-15-26-23(29-10-11-30-16(13-29)8-9-20(30)32)21-24(27-15)31(14-17-5-4-12-33-17)22(28-21)18-6-2-3-7-19(18)25/h2-3,6-7,16-17H,4-5,8-14H2,1H3. The Morgan fingerprint density at radius 2 is 2.03 bits per heavy atom. The summed E-state index contributed by atoms with van der Waals surface area (Å²) in [6.45, 7) is 5.64. The summed E-state index contributed by atoms with van der Waals surface area (Å²) >= 11 is 6.60. The highest BCUT2D eigenvalue weighted by Crippen LogP contribution is 2.35. The lowest BCUT2D eigenvalue weighted by atomic mass is 10.1. The molecule has 5 heterocycles. The Labute approximate surface area is 197 Å². The molecule has 1 aromatic carbocycles. The molecule has 3 saturated heterocycles. The van der Waals surface area contributed by atoms with Crippen LogP contribution in [0.1, 0.15) is 31.5 Å². The third-order valence-electron chi connectivity index (χ3n) is 7.01. The van der Waals surface area contributed by atoms with Gasteiger partial charge in [0.1, 0.15) is 11.6 Å². The summed E-state index contributed by atoms with van der Waals surface area (Å²) in [6, 6.07) is 8.04. The van der Waals surface area contributed by atoms with Gasteiger partial charge < -0.3 is 19.1 Å². The van der Waals surface area contributed by atoms with Gasteiger partial charge in [0.25, 0.3) is 0 Å². The normalized spacial score (nSPS) is 23.0. The maximum absolute atomic E-state index is 12.2. The van der Waals surface area contributed by atoms with Gasteiger partial charge >= 0.3 is 0 Å². The molecule has 1 amide bonds. The average molecular weight is 467 g/mol. The summed E-state index contributed by atoms with van der Waals surface area (Å²) in [4.78, 5) is 31.2. The highest BCUT2D eigenvalue weighted by atomic mass is 35.5. The molecule has 9 heteroatoms. The monoisotopic (exact) mass is 466 g/mol. The second kappa shape index (κ2) is 8.25. The second-order valence-electron chi connectivity index (χ2n) is 9.15. The Balaban J connectivity index is 1.48. The van der Waals surface area contributed by atoms with E-state index >= 15 is 0 Å². The molecule has 0 N–H and O–H groups in total. The quantitative estimate of drug-likeness (QED) is 0.586. The van der Waals surface area contributed by atoms with Crippen molar-refractivity contribution in [1.82, 2.24) is 24.4 Å². The van der Waals surface area contributed by atoms with Gasteiger partial charge in [-0.25, -0.2) is 15.0 Å². The van der Waals surface area contributed by atoms with Crippen molar-refractivity contribution in [3.63, 3.8) is 0 Å². The molecule has 0 bridgehead atoms. The number of hydrogen-bond acceptors (Lipinski definition) is 6. The molecule has 3 fully saturated rings. The van der Waals surface area contributed by atoms with Crippen LogP contribution in [0.5, 0.6) is 0 Å². The van der Waals surface area contributed by atoms with Crippen LogP contribution < -0.4 is 4.90 Å². The molecular formula is C24H27ClN6O2. The molecule has 3 aromatic rings. The van der Waals surface area contributed by atoms with Crippen molar-refractivity contribution in [3.8, 4) is 11.4 Å². The maximum Gasteiger partial charge on any atom is 0.223 e. The summed E-state index contributed by atoms with van der Waals surface area (Å²) in [6.07, 6.45) is 3.78. The van der Waals surface area contributed by atoms with Crippen LogP contribution in [0.25, 0.3) is 22.6 Å². The molecule has 0 aliphatic carbocycles. The van der Waals surface area contributed by atoms with Crippen molar-refractivity contribution >= 4 is 34.5 Å². The number of rotatable bonds is 4. The fraction of sp³-hybridized carbons (Fsp3) is 0.500. The zero-order valence-electron chi connectivity index (χ0n) is 18.7. The molecule has 3 aliphatic rings. The number of aryl methyl sites for hydroxylation is 1. The Morgan fingerprint density at radius 3 is 2.85 bits per heavy atom. The van der Waals surface area contributed by atoms with E-state index in [1.54, 1.807) is 0 Å². The molecule has 33 heavy (non-hydrogen) atoms. The number of piperazine rings is 1. The second-order valence-corrected chi connectivity index (χ2v) is 9.56. The predicted octanol–water partition coefficient (Wildman–Crippen LogP) is 3.45. The number of amides is 1. The van der Waals surface area contributed by atoms with Crippen LogP contribution in [0.4, 0.5) is 5.82 Å². The summed E-state index contributed by atoms with van der Waals surface area (Å²) in [5.74, 6) is 2.62. The van der Waals surface area contributed by atoms with Crippen LogP contribution in [-0.2, 0) is 16.1 Å². The van der Waals surface area contributed by atoms with Crippen molar-refractivity contribution in [2.24, 2.45) is 0 Å². The maximum atomic E-state index is 12.2. The van der Waals surface area contributed by atoms with Gasteiger partial charge in [-0.3, -0.25) is 4.79 Å². The smallest absolute Gasteiger partial charge is 0.223 e. The zero-order valence-corrected chi connectivity index (χ0v) is 19.5. The van der Waals surface area contributed by atoms with E-state index in [9.17, 15) is 4.79 Å². The van der Waals surface area contributed by atoms with Crippen LogP contribution in [-0.4, -0.2) is 68.7 Å². The van der Waals surface area contributed by atoms with Crippen molar-refractivity contribution in [1.29, 1.82) is 0 Å². The lowest BCUT2D eigenvalue weighted by Crippen LogP contribution is -2.51. The van der Waals surface area contributed by atoms with E-state index in [0.29, 0.717) is 23.8 Å². The Bertz CT molecular complexity index is 1220.